The van der Waals surface area contributed by atoms with E-state index in [1.165, 1.54) is 31.5 Å². The Kier molecular flexibility index (Phi) is 9.15. The van der Waals surface area contributed by atoms with Gasteiger partial charge in [0.1, 0.15) is 5.82 Å². The molecule has 3 atom stereocenters. The van der Waals surface area contributed by atoms with E-state index in [0.29, 0.717) is 48.4 Å². The fraction of sp³-hybridized carbons (Fsp3) is 0.400. The predicted molar refractivity (Wildman–Crippen MR) is 140 cm³/mol. The molecule has 2 heterocycles. The van der Waals surface area contributed by atoms with Crippen LogP contribution in [-0.4, -0.2) is 23.9 Å². The molecule has 4 rings (SSSR count). The number of carbonyl (C=O) groups excluding carboxylic acids is 1. The van der Waals surface area contributed by atoms with Crippen LogP contribution < -0.4 is 10.0 Å². The maximum absolute atomic E-state index is 13.9. The molecule has 2 aromatic carbocycles. The number of carbonyl (C=O) groups is 1. The smallest absolute Gasteiger partial charge is 0.416 e. The van der Waals surface area contributed by atoms with Gasteiger partial charge in [0.15, 0.2) is 12.4 Å². The zero-order chi connectivity index (χ0) is 30.8. The van der Waals surface area contributed by atoms with Gasteiger partial charge in [0.05, 0.1) is 11.1 Å². The molecule has 1 N–H and O–H groups in total. The maximum Gasteiger partial charge on any atom is 0.416 e. The summed E-state index contributed by atoms with van der Waals surface area (Å²) in [6, 6.07) is 8.97. The number of pyridine rings is 1. The Morgan fingerprint density at radius 1 is 1.02 bits per heavy atom. The van der Waals surface area contributed by atoms with Crippen molar-refractivity contribution in [3.05, 3.63) is 105 Å². The van der Waals surface area contributed by atoms with Crippen molar-refractivity contribution in [2.24, 2.45) is 5.92 Å². The maximum atomic E-state index is 13.9. The average Bonchev–Trinajstić information content (AvgIpc) is 2.92. The molecule has 0 saturated carbocycles. The first kappa shape index (κ1) is 31.3. The van der Waals surface area contributed by atoms with Crippen molar-refractivity contribution >= 4 is 5.91 Å². The van der Waals surface area contributed by atoms with E-state index in [9.17, 15) is 40.7 Å². The van der Waals surface area contributed by atoms with Gasteiger partial charge in [-0.2, -0.15) is 31.1 Å². The number of benzene rings is 2. The summed E-state index contributed by atoms with van der Waals surface area (Å²) >= 11 is 0. The Bertz CT molecular complexity index is 1380. The lowest BCUT2D eigenvalue weighted by Gasteiger charge is -2.40. The molecule has 1 amide bonds. The van der Waals surface area contributed by atoms with Crippen LogP contribution in [0.3, 0.4) is 0 Å². The molecule has 42 heavy (non-hydrogen) atoms. The standard InChI is InChI=1S/C30H30F7N3O2/c1-18-11-25(31)3-4-26(18)27-14-21(7-8-39(27)17-20-5-9-40(42)10-6-20)28(41)38-16-19(2)22-12-23(29(32,33)34)15-24(13-22)30(35,36)37/h3-6,9-13,15,19,21,27H,7-8,14,16-17H2,1-2H3,(H,38,41)/t19-,21-,27?/m0/s1. The molecule has 1 aliphatic heterocycles. The average molecular weight is 598 g/mol. The summed E-state index contributed by atoms with van der Waals surface area (Å²) in [7, 11) is 0. The molecule has 226 valence electrons. The van der Waals surface area contributed by atoms with Gasteiger partial charge >= 0.3 is 12.4 Å². The third-order valence-corrected chi connectivity index (χ3v) is 7.69. The van der Waals surface area contributed by atoms with Crippen LogP contribution in [0.2, 0.25) is 0 Å². The molecule has 1 fully saturated rings. The van der Waals surface area contributed by atoms with Gasteiger partial charge in [-0.05, 0) is 84.8 Å². The molecule has 5 nitrogen and oxygen atoms in total. The first-order chi connectivity index (χ1) is 19.6. The molecule has 0 spiro atoms. The lowest BCUT2D eigenvalue weighted by Crippen LogP contribution is -2.43. The largest absolute Gasteiger partial charge is 0.619 e. The van der Waals surface area contributed by atoms with Crippen molar-refractivity contribution < 1.29 is 40.3 Å². The molecule has 1 saturated heterocycles. The molecule has 12 heteroatoms. The van der Waals surface area contributed by atoms with Crippen LogP contribution in [-0.2, 0) is 23.7 Å². The molecule has 0 bridgehead atoms. The number of halogens is 7. The van der Waals surface area contributed by atoms with Crippen LogP contribution in [0.5, 0.6) is 0 Å². The number of hydrogen-bond donors (Lipinski definition) is 1. The monoisotopic (exact) mass is 597 g/mol. The lowest BCUT2D eigenvalue weighted by atomic mass is 9.84. The van der Waals surface area contributed by atoms with Crippen molar-refractivity contribution in [2.45, 2.75) is 57.5 Å². The highest BCUT2D eigenvalue weighted by atomic mass is 19.4. The summed E-state index contributed by atoms with van der Waals surface area (Å²) < 4.78 is 94.3. The lowest BCUT2D eigenvalue weighted by molar-refractivity contribution is -0.605. The van der Waals surface area contributed by atoms with Crippen LogP contribution >= 0.6 is 0 Å². The number of aryl methyl sites for hydroxylation is 1. The highest BCUT2D eigenvalue weighted by Gasteiger charge is 2.38. The SMILES string of the molecule is Cc1cc(F)ccc1C1C[C@@H](C(=O)NC[C@H](C)c2cc(C(F)(F)F)cc(C(F)(F)F)c2)CCN1Cc1cc[n+]([O-])cc1. The Balaban J connectivity index is 1.49. The minimum absolute atomic E-state index is 0.0774. The van der Waals surface area contributed by atoms with Gasteiger partial charge in [-0.25, -0.2) is 4.39 Å². The number of nitrogens with zero attached hydrogens (tertiary/aromatic N) is 2. The van der Waals surface area contributed by atoms with Crippen molar-refractivity contribution in [1.29, 1.82) is 0 Å². The van der Waals surface area contributed by atoms with Crippen LogP contribution in [0.1, 0.15) is 65.1 Å². The van der Waals surface area contributed by atoms with Crippen LogP contribution in [0, 0.1) is 23.9 Å². The number of alkyl halides is 6. The third-order valence-electron chi connectivity index (χ3n) is 7.69. The Morgan fingerprint density at radius 2 is 1.64 bits per heavy atom. The van der Waals surface area contributed by atoms with Gasteiger partial charge in [0.25, 0.3) is 0 Å². The van der Waals surface area contributed by atoms with E-state index in [-0.39, 0.29) is 30.1 Å². The summed E-state index contributed by atoms with van der Waals surface area (Å²) in [5.74, 6) is -2.07. The number of likely N-dealkylation sites (tertiary alicyclic amines) is 1. The van der Waals surface area contributed by atoms with E-state index in [0.717, 1.165) is 11.1 Å². The molecule has 3 aromatic rings. The molecule has 1 aromatic heterocycles. The van der Waals surface area contributed by atoms with E-state index in [2.05, 4.69) is 10.2 Å². The number of hydrogen-bond acceptors (Lipinski definition) is 3. The molecule has 1 unspecified atom stereocenters. The Labute approximate surface area is 238 Å². The van der Waals surface area contributed by atoms with E-state index in [4.69, 9.17) is 0 Å². The number of piperidine rings is 1. The van der Waals surface area contributed by atoms with Gasteiger partial charge in [0, 0.05) is 37.2 Å². The number of amides is 1. The Hall–Kier alpha value is -3.67. The summed E-state index contributed by atoms with van der Waals surface area (Å²) in [5, 5.41) is 14.2. The third kappa shape index (κ3) is 7.58. The highest BCUT2D eigenvalue weighted by Crippen LogP contribution is 2.39. The normalized spacial score (nSPS) is 19.0. The predicted octanol–water partition coefficient (Wildman–Crippen LogP) is 6.68. The van der Waals surface area contributed by atoms with Crippen molar-refractivity contribution in [3.8, 4) is 0 Å². The molecular weight excluding hydrogens is 567 g/mol. The number of rotatable bonds is 7. The Morgan fingerprint density at radius 3 is 2.21 bits per heavy atom. The molecule has 1 aliphatic rings. The van der Waals surface area contributed by atoms with Gasteiger partial charge < -0.3 is 10.5 Å². The second-order valence-electron chi connectivity index (χ2n) is 10.8. The van der Waals surface area contributed by atoms with Gasteiger partial charge in [-0.1, -0.05) is 13.0 Å². The first-order valence-corrected chi connectivity index (χ1v) is 13.4. The van der Waals surface area contributed by atoms with E-state index in [1.54, 1.807) is 25.1 Å². The van der Waals surface area contributed by atoms with Gasteiger partial charge in [0.2, 0.25) is 5.91 Å². The van der Waals surface area contributed by atoms with E-state index < -0.39 is 41.1 Å². The van der Waals surface area contributed by atoms with Gasteiger partial charge in [-0.3, -0.25) is 9.69 Å². The molecule has 0 radical (unpaired) electrons. The summed E-state index contributed by atoms with van der Waals surface area (Å²) in [4.78, 5) is 15.4. The van der Waals surface area contributed by atoms with E-state index in [1.807, 2.05) is 0 Å². The second kappa shape index (κ2) is 12.3. The number of nitrogens with one attached hydrogen (secondary N) is 1. The molecule has 0 aliphatic carbocycles. The second-order valence-corrected chi connectivity index (χ2v) is 10.8. The quantitative estimate of drug-likeness (QED) is 0.188. The molecular formula is C30H30F7N3O2. The fourth-order valence-corrected chi connectivity index (χ4v) is 5.34. The van der Waals surface area contributed by atoms with Crippen LogP contribution in [0.4, 0.5) is 30.7 Å². The minimum Gasteiger partial charge on any atom is -0.619 e. The summed E-state index contributed by atoms with van der Waals surface area (Å²) in [6.07, 6.45) is -6.34. The minimum atomic E-state index is -4.96. The van der Waals surface area contributed by atoms with Crippen molar-refractivity contribution in [3.63, 3.8) is 0 Å². The fourth-order valence-electron chi connectivity index (χ4n) is 5.34. The zero-order valence-electron chi connectivity index (χ0n) is 22.9. The summed E-state index contributed by atoms with van der Waals surface area (Å²) in [6.45, 7) is 4.04. The zero-order valence-corrected chi connectivity index (χ0v) is 22.9. The van der Waals surface area contributed by atoms with Crippen LogP contribution in [0.15, 0.2) is 60.9 Å². The van der Waals surface area contributed by atoms with Crippen LogP contribution in [0.25, 0.3) is 0 Å². The van der Waals surface area contributed by atoms with Crippen molar-refractivity contribution in [2.75, 3.05) is 13.1 Å². The highest BCUT2D eigenvalue weighted by molar-refractivity contribution is 5.79. The van der Waals surface area contributed by atoms with E-state index >= 15 is 0 Å². The van der Waals surface area contributed by atoms with Crippen molar-refractivity contribution in [1.82, 2.24) is 10.2 Å². The summed E-state index contributed by atoms with van der Waals surface area (Å²) in [5.41, 5.74) is -0.578. The number of aromatic nitrogens is 1. The topological polar surface area (TPSA) is 59.3 Å². The first-order valence-electron chi connectivity index (χ1n) is 13.4. The van der Waals surface area contributed by atoms with Gasteiger partial charge in [-0.15, -0.1) is 0 Å².